The Bertz CT molecular complexity index is 736. The van der Waals surface area contributed by atoms with Gasteiger partial charge in [0, 0.05) is 30.5 Å². The highest BCUT2D eigenvalue weighted by atomic mass is 16.1. The van der Waals surface area contributed by atoms with Crippen LogP contribution in [-0.2, 0) is 6.54 Å². The summed E-state index contributed by atoms with van der Waals surface area (Å²) < 4.78 is 0. The van der Waals surface area contributed by atoms with Crippen LogP contribution in [-0.4, -0.2) is 15.9 Å². The van der Waals surface area contributed by atoms with Crippen molar-refractivity contribution in [2.45, 2.75) is 6.54 Å². The lowest BCUT2D eigenvalue weighted by Crippen LogP contribution is -2.23. The molecule has 1 amide bonds. The molecule has 0 aliphatic carbocycles. The Morgan fingerprint density at radius 3 is 2.65 bits per heavy atom. The molecule has 20 heavy (non-hydrogen) atoms. The number of carbonyl (C=O) groups excluding carboxylic acids is 1. The number of amides is 1. The fraction of sp³-hybridized carbons (Fsp3) is 0.0625. The van der Waals surface area contributed by atoms with Crippen molar-refractivity contribution in [1.82, 2.24) is 15.3 Å². The first-order chi connectivity index (χ1) is 9.84. The molecule has 2 heterocycles. The Kier molecular flexibility index (Phi) is 3.37. The number of nitrogens with one attached hydrogen (secondary N) is 1. The highest BCUT2D eigenvalue weighted by Crippen LogP contribution is 2.16. The number of nitrogens with zero attached hydrogens (tertiary/aromatic N) is 2. The Morgan fingerprint density at radius 2 is 1.80 bits per heavy atom. The average Bonchev–Trinajstić information content (AvgIpc) is 2.53. The van der Waals surface area contributed by atoms with Crippen molar-refractivity contribution >= 4 is 16.8 Å². The summed E-state index contributed by atoms with van der Waals surface area (Å²) in [5, 5.41) is 3.78. The SMILES string of the molecule is O=C(NCc1ccncc1)c1ccnc2ccccc12. The zero-order chi connectivity index (χ0) is 13.8. The minimum absolute atomic E-state index is 0.0968. The van der Waals surface area contributed by atoms with Crippen LogP contribution in [0.1, 0.15) is 15.9 Å². The van der Waals surface area contributed by atoms with Gasteiger partial charge in [0.2, 0.25) is 0 Å². The molecule has 0 spiro atoms. The molecule has 2 aromatic heterocycles. The zero-order valence-electron chi connectivity index (χ0n) is 10.8. The third-order valence-electron chi connectivity index (χ3n) is 3.10. The molecule has 1 N–H and O–H groups in total. The minimum atomic E-state index is -0.0968. The van der Waals surface area contributed by atoms with Gasteiger partial charge in [0.05, 0.1) is 11.1 Å². The molecule has 0 aliphatic heterocycles. The molecule has 0 saturated heterocycles. The van der Waals surface area contributed by atoms with Crippen LogP contribution in [0.2, 0.25) is 0 Å². The van der Waals surface area contributed by atoms with Gasteiger partial charge in [-0.05, 0) is 29.8 Å². The van der Waals surface area contributed by atoms with E-state index in [0.717, 1.165) is 16.5 Å². The molecule has 0 saturated carbocycles. The molecule has 1 aromatic carbocycles. The summed E-state index contributed by atoms with van der Waals surface area (Å²) in [5.41, 5.74) is 2.49. The van der Waals surface area contributed by atoms with E-state index in [2.05, 4.69) is 15.3 Å². The van der Waals surface area contributed by atoms with E-state index >= 15 is 0 Å². The van der Waals surface area contributed by atoms with Crippen molar-refractivity contribution in [3.8, 4) is 0 Å². The molecule has 0 radical (unpaired) electrons. The van der Waals surface area contributed by atoms with Crippen LogP contribution in [0.15, 0.2) is 61.1 Å². The van der Waals surface area contributed by atoms with E-state index < -0.39 is 0 Å². The van der Waals surface area contributed by atoms with Gasteiger partial charge in [-0.2, -0.15) is 0 Å². The van der Waals surface area contributed by atoms with E-state index in [0.29, 0.717) is 12.1 Å². The number of para-hydroxylation sites is 1. The lowest BCUT2D eigenvalue weighted by atomic mass is 10.1. The topological polar surface area (TPSA) is 54.9 Å². The highest BCUT2D eigenvalue weighted by Gasteiger charge is 2.09. The summed E-state index contributed by atoms with van der Waals surface area (Å²) in [6.45, 7) is 0.484. The second-order valence-corrected chi connectivity index (χ2v) is 4.41. The zero-order valence-corrected chi connectivity index (χ0v) is 10.8. The Hall–Kier alpha value is -2.75. The molecule has 4 heteroatoms. The van der Waals surface area contributed by atoms with Crippen LogP contribution in [0, 0.1) is 0 Å². The molecule has 0 fully saturated rings. The van der Waals surface area contributed by atoms with E-state index in [-0.39, 0.29) is 5.91 Å². The number of fused-ring (bicyclic) bond motifs is 1. The first kappa shape index (κ1) is 12.3. The van der Waals surface area contributed by atoms with Gasteiger partial charge in [0.1, 0.15) is 0 Å². The molecular formula is C16H13N3O. The number of carbonyl (C=O) groups is 1. The second-order valence-electron chi connectivity index (χ2n) is 4.41. The van der Waals surface area contributed by atoms with Gasteiger partial charge in [-0.15, -0.1) is 0 Å². The van der Waals surface area contributed by atoms with Crippen LogP contribution in [0.3, 0.4) is 0 Å². The molecule has 3 rings (SSSR count). The molecule has 0 atom stereocenters. The van der Waals surface area contributed by atoms with Crippen molar-refractivity contribution in [3.05, 3.63) is 72.2 Å². The summed E-state index contributed by atoms with van der Waals surface area (Å²) >= 11 is 0. The van der Waals surface area contributed by atoms with Gasteiger partial charge in [0.25, 0.3) is 5.91 Å². The number of rotatable bonds is 3. The largest absolute Gasteiger partial charge is 0.348 e. The smallest absolute Gasteiger partial charge is 0.252 e. The van der Waals surface area contributed by atoms with Crippen molar-refractivity contribution in [2.24, 2.45) is 0 Å². The van der Waals surface area contributed by atoms with Crippen molar-refractivity contribution in [2.75, 3.05) is 0 Å². The second kappa shape index (κ2) is 5.48. The summed E-state index contributed by atoms with van der Waals surface area (Å²) in [5.74, 6) is -0.0968. The maximum absolute atomic E-state index is 12.3. The van der Waals surface area contributed by atoms with Gasteiger partial charge in [-0.1, -0.05) is 18.2 Å². The normalized spacial score (nSPS) is 10.4. The highest BCUT2D eigenvalue weighted by molar-refractivity contribution is 6.05. The molecule has 0 unspecified atom stereocenters. The lowest BCUT2D eigenvalue weighted by molar-refractivity contribution is 0.0952. The molecule has 3 aromatic rings. The summed E-state index contributed by atoms with van der Waals surface area (Å²) in [6, 6.07) is 13.1. The first-order valence-corrected chi connectivity index (χ1v) is 6.35. The summed E-state index contributed by atoms with van der Waals surface area (Å²) in [4.78, 5) is 20.5. The fourth-order valence-electron chi connectivity index (χ4n) is 2.07. The van der Waals surface area contributed by atoms with Crippen molar-refractivity contribution in [1.29, 1.82) is 0 Å². The van der Waals surface area contributed by atoms with E-state index in [9.17, 15) is 4.79 Å². The predicted molar refractivity (Wildman–Crippen MR) is 77.2 cm³/mol. The first-order valence-electron chi connectivity index (χ1n) is 6.35. The monoisotopic (exact) mass is 263 g/mol. The van der Waals surface area contributed by atoms with Gasteiger partial charge in [0.15, 0.2) is 0 Å². The molecule has 0 bridgehead atoms. The number of hydrogen-bond acceptors (Lipinski definition) is 3. The third-order valence-corrected chi connectivity index (χ3v) is 3.10. The standard InChI is InChI=1S/C16H13N3O/c20-16(19-11-12-5-8-17-9-6-12)14-7-10-18-15-4-2-1-3-13(14)15/h1-10H,11H2,(H,19,20). The Labute approximate surface area is 116 Å². The van der Waals surface area contributed by atoms with Gasteiger partial charge in [-0.25, -0.2) is 0 Å². The number of aromatic nitrogens is 2. The van der Waals surface area contributed by atoms with E-state index in [1.807, 2.05) is 36.4 Å². The Morgan fingerprint density at radius 1 is 1.00 bits per heavy atom. The quantitative estimate of drug-likeness (QED) is 0.790. The minimum Gasteiger partial charge on any atom is -0.348 e. The van der Waals surface area contributed by atoms with Crippen LogP contribution in [0.4, 0.5) is 0 Å². The van der Waals surface area contributed by atoms with E-state index in [1.54, 1.807) is 24.7 Å². The molecule has 0 aliphatic rings. The lowest BCUT2D eigenvalue weighted by Gasteiger charge is -2.07. The maximum atomic E-state index is 12.3. The van der Waals surface area contributed by atoms with Crippen LogP contribution in [0.5, 0.6) is 0 Å². The maximum Gasteiger partial charge on any atom is 0.252 e. The van der Waals surface area contributed by atoms with E-state index in [1.165, 1.54) is 0 Å². The van der Waals surface area contributed by atoms with Crippen LogP contribution < -0.4 is 5.32 Å². The van der Waals surface area contributed by atoms with Crippen LogP contribution in [0.25, 0.3) is 10.9 Å². The summed E-state index contributed by atoms with van der Waals surface area (Å²) in [7, 11) is 0. The number of benzene rings is 1. The average molecular weight is 263 g/mol. The van der Waals surface area contributed by atoms with E-state index in [4.69, 9.17) is 0 Å². The molecule has 98 valence electrons. The summed E-state index contributed by atoms with van der Waals surface area (Å²) in [6.07, 6.45) is 5.08. The third kappa shape index (κ3) is 2.49. The van der Waals surface area contributed by atoms with Crippen molar-refractivity contribution in [3.63, 3.8) is 0 Å². The van der Waals surface area contributed by atoms with Crippen LogP contribution >= 0.6 is 0 Å². The number of hydrogen-bond donors (Lipinski definition) is 1. The van der Waals surface area contributed by atoms with Gasteiger partial charge >= 0.3 is 0 Å². The van der Waals surface area contributed by atoms with Gasteiger partial charge in [-0.3, -0.25) is 14.8 Å². The molecular weight excluding hydrogens is 250 g/mol. The predicted octanol–water partition coefficient (Wildman–Crippen LogP) is 2.56. The van der Waals surface area contributed by atoms with Gasteiger partial charge < -0.3 is 5.32 Å². The fourth-order valence-corrected chi connectivity index (χ4v) is 2.07. The number of pyridine rings is 2. The Balaban J connectivity index is 1.82. The molecule has 4 nitrogen and oxygen atoms in total. The van der Waals surface area contributed by atoms with Crippen molar-refractivity contribution < 1.29 is 4.79 Å².